The molecule has 0 spiro atoms. The molecule has 2 aliphatic rings. The summed E-state index contributed by atoms with van der Waals surface area (Å²) in [6, 6.07) is 8.42. The fourth-order valence-corrected chi connectivity index (χ4v) is 3.23. The highest BCUT2D eigenvalue weighted by molar-refractivity contribution is 5.75. The Morgan fingerprint density at radius 3 is 2.45 bits per heavy atom. The second kappa shape index (κ2) is 6.69. The number of amides is 2. The Morgan fingerprint density at radius 2 is 1.86 bits per heavy atom. The van der Waals surface area contributed by atoms with Crippen LogP contribution >= 0.6 is 0 Å². The summed E-state index contributed by atoms with van der Waals surface area (Å²) in [7, 11) is 0. The highest BCUT2D eigenvalue weighted by Gasteiger charge is 2.36. The van der Waals surface area contributed by atoms with Crippen LogP contribution in [0.15, 0.2) is 24.3 Å². The van der Waals surface area contributed by atoms with Gasteiger partial charge in [-0.15, -0.1) is 0 Å². The third kappa shape index (κ3) is 3.80. The molecule has 3 N–H and O–H groups in total. The molecule has 0 aromatic heterocycles. The fourth-order valence-electron chi connectivity index (χ4n) is 3.23. The van der Waals surface area contributed by atoms with Gasteiger partial charge in [0.2, 0.25) is 0 Å². The van der Waals surface area contributed by atoms with Gasteiger partial charge in [0, 0.05) is 12.6 Å². The van der Waals surface area contributed by atoms with Gasteiger partial charge in [0.05, 0.1) is 6.04 Å². The summed E-state index contributed by atoms with van der Waals surface area (Å²) in [4.78, 5) is 12.4. The van der Waals surface area contributed by atoms with Crippen LogP contribution in [0, 0.1) is 18.8 Å². The molecule has 2 aliphatic carbocycles. The number of hydrogen-bond donors (Lipinski definition) is 3. The standard InChI is InChI=1S/C18H26N2O2/c1-12-4-2-3-5-15(12)17(14-8-9-14)20-18(22)19-16(10-11-21)13-6-7-13/h2-5,13-14,16-17,21H,6-11H2,1H3,(H2,19,20,22)/t16-,17-/m0/s1. The molecule has 0 radical (unpaired) electrons. The van der Waals surface area contributed by atoms with Crippen LogP contribution in [-0.2, 0) is 0 Å². The number of aliphatic hydroxyl groups is 1. The Kier molecular flexibility index (Phi) is 4.67. The molecule has 4 heteroatoms. The summed E-state index contributed by atoms with van der Waals surface area (Å²) >= 11 is 0. The number of rotatable bonds is 7. The van der Waals surface area contributed by atoms with Crippen molar-refractivity contribution in [3.8, 4) is 0 Å². The van der Waals surface area contributed by atoms with Crippen LogP contribution in [0.2, 0.25) is 0 Å². The molecule has 1 aromatic carbocycles. The minimum absolute atomic E-state index is 0.0921. The fraction of sp³-hybridized carbons (Fsp3) is 0.611. The lowest BCUT2D eigenvalue weighted by Gasteiger charge is -2.24. The second-order valence-electron chi connectivity index (χ2n) is 6.75. The van der Waals surface area contributed by atoms with E-state index in [0.29, 0.717) is 18.3 Å². The third-order valence-electron chi connectivity index (χ3n) is 4.85. The molecule has 0 aliphatic heterocycles. The number of urea groups is 1. The van der Waals surface area contributed by atoms with Gasteiger partial charge in [-0.05, 0) is 62.0 Å². The number of benzene rings is 1. The van der Waals surface area contributed by atoms with Crippen molar-refractivity contribution in [2.75, 3.05) is 6.61 Å². The molecule has 2 saturated carbocycles. The first-order valence-corrected chi connectivity index (χ1v) is 8.42. The van der Waals surface area contributed by atoms with Gasteiger partial charge in [-0.25, -0.2) is 4.79 Å². The first kappa shape index (κ1) is 15.3. The molecule has 2 atom stereocenters. The van der Waals surface area contributed by atoms with Crippen molar-refractivity contribution >= 4 is 6.03 Å². The molecule has 0 heterocycles. The van der Waals surface area contributed by atoms with Crippen molar-refractivity contribution in [1.82, 2.24) is 10.6 Å². The first-order chi connectivity index (χ1) is 10.7. The molecule has 0 saturated heterocycles. The van der Waals surface area contributed by atoms with Crippen LogP contribution in [0.4, 0.5) is 4.79 Å². The molecular weight excluding hydrogens is 276 g/mol. The highest BCUT2D eigenvalue weighted by atomic mass is 16.3. The predicted molar refractivity (Wildman–Crippen MR) is 86.5 cm³/mol. The Hall–Kier alpha value is -1.55. The maximum atomic E-state index is 12.4. The van der Waals surface area contributed by atoms with E-state index in [-0.39, 0.29) is 24.7 Å². The largest absolute Gasteiger partial charge is 0.396 e. The van der Waals surface area contributed by atoms with E-state index >= 15 is 0 Å². The van der Waals surface area contributed by atoms with Gasteiger partial charge in [-0.3, -0.25) is 0 Å². The summed E-state index contributed by atoms with van der Waals surface area (Å²) in [6.07, 6.45) is 5.34. The van der Waals surface area contributed by atoms with Crippen molar-refractivity contribution < 1.29 is 9.90 Å². The normalized spacial score (nSPS) is 20.3. The average Bonchev–Trinajstić information content (AvgIpc) is 3.39. The molecule has 2 amide bonds. The SMILES string of the molecule is Cc1ccccc1[C@@H](NC(=O)N[C@@H](CCO)C1CC1)C1CC1. The first-order valence-electron chi connectivity index (χ1n) is 8.42. The van der Waals surface area contributed by atoms with E-state index in [2.05, 4.69) is 29.7 Å². The minimum atomic E-state index is -0.0921. The molecule has 1 aromatic rings. The maximum absolute atomic E-state index is 12.4. The van der Waals surface area contributed by atoms with Crippen LogP contribution in [0.1, 0.15) is 49.3 Å². The van der Waals surface area contributed by atoms with Crippen LogP contribution < -0.4 is 10.6 Å². The van der Waals surface area contributed by atoms with Gasteiger partial charge in [0.25, 0.3) is 0 Å². The van der Waals surface area contributed by atoms with E-state index in [1.165, 1.54) is 24.0 Å². The Balaban J connectivity index is 1.63. The van der Waals surface area contributed by atoms with Gasteiger partial charge in [0.15, 0.2) is 0 Å². The average molecular weight is 302 g/mol. The zero-order valence-corrected chi connectivity index (χ0v) is 13.2. The van der Waals surface area contributed by atoms with E-state index in [0.717, 1.165) is 12.8 Å². The summed E-state index contributed by atoms with van der Waals surface area (Å²) < 4.78 is 0. The summed E-state index contributed by atoms with van der Waals surface area (Å²) in [5, 5.41) is 15.4. The molecule has 2 fully saturated rings. The predicted octanol–water partition coefficient (Wildman–Crippen LogP) is 2.91. The monoisotopic (exact) mass is 302 g/mol. The molecule has 0 unspecified atom stereocenters. The van der Waals surface area contributed by atoms with Crippen LogP contribution in [0.25, 0.3) is 0 Å². The zero-order chi connectivity index (χ0) is 15.5. The number of carbonyl (C=O) groups excluding carboxylic acids is 1. The molecular formula is C18H26N2O2. The van der Waals surface area contributed by atoms with Gasteiger partial charge < -0.3 is 15.7 Å². The summed E-state index contributed by atoms with van der Waals surface area (Å²) in [5.41, 5.74) is 2.46. The lowest BCUT2D eigenvalue weighted by atomic mass is 9.98. The van der Waals surface area contributed by atoms with Crippen LogP contribution in [0.3, 0.4) is 0 Å². The minimum Gasteiger partial charge on any atom is -0.396 e. The van der Waals surface area contributed by atoms with E-state index in [1.807, 2.05) is 12.1 Å². The van der Waals surface area contributed by atoms with E-state index in [4.69, 9.17) is 5.11 Å². The number of carbonyl (C=O) groups is 1. The van der Waals surface area contributed by atoms with Crippen molar-refractivity contribution in [3.05, 3.63) is 35.4 Å². The Labute approximate surface area is 132 Å². The molecule has 22 heavy (non-hydrogen) atoms. The summed E-state index contributed by atoms with van der Waals surface area (Å²) in [5.74, 6) is 1.11. The van der Waals surface area contributed by atoms with Gasteiger partial charge in [0.1, 0.15) is 0 Å². The Morgan fingerprint density at radius 1 is 1.18 bits per heavy atom. The van der Waals surface area contributed by atoms with E-state index in [9.17, 15) is 4.79 Å². The third-order valence-corrected chi connectivity index (χ3v) is 4.85. The molecule has 3 rings (SSSR count). The zero-order valence-electron chi connectivity index (χ0n) is 13.2. The van der Waals surface area contributed by atoms with Crippen molar-refractivity contribution in [2.24, 2.45) is 11.8 Å². The van der Waals surface area contributed by atoms with Gasteiger partial charge in [-0.2, -0.15) is 0 Å². The number of hydrogen-bond acceptors (Lipinski definition) is 2. The van der Waals surface area contributed by atoms with Gasteiger partial charge in [-0.1, -0.05) is 24.3 Å². The Bertz CT molecular complexity index is 524. The van der Waals surface area contributed by atoms with Crippen LogP contribution in [-0.4, -0.2) is 23.8 Å². The smallest absolute Gasteiger partial charge is 0.315 e. The number of aryl methyl sites for hydroxylation is 1. The van der Waals surface area contributed by atoms with Crippen molar-refractivity contribution in [2.45, 2.75) is 51.1 Å². The topological polar surface area (TPSA) is 61.4 Å². The van der Waals surface area contributed by atoms with E-state index < -0.39 is 0 Å². The highest BCUT2D eigenvalue weighted by Crippen LogP contribution is 2.42. The quantitative estimate of drug-likeness (QED) is 0.725. The van der Waals surface area contributed by atoms with Crippen molar-refractivity contribution in [3.63, 3.8) is 0 Å². The lowest BCUT2D eigenvalue weighted by Crippen LogP contribution is -2.45. The van der Waals surface area contributed by atoms with E-state index in [1.54, 1.807) is 0 Å². The molecule has 4 nitrogen and oxygen atoms in total. The molecule has 120 valence electrons. The number of aliphatic hydroxyl groups excluding tert-OH is 1. The van der Waals surface area contributed by atoms with Gasteiger partial charge >= 0.3 is 6.03 Å². The van der Waals surface area contributed by atoms with Crippen molar-refractivity contribution in [1.29, 1.82) is 0 Å². The maximum Gasteiger partial charge on any atom is 0.315 e. The summed E-state index contributed by atoms with van der Waals surface area (Å²) in [6.45, 7) is 2.23. The molecule has 0 bridgehead atoms. The number of nitrogens with one attached hydrogen (secondary N) is 2. The lowest BCUT2D eigenvalue weighted by molar-refractivity contribution is 0.220. The van der Waals surface area contributed by atoms with Crippen LogP contribution in [0.5, 0.6) is 0 Å². The second-order valence-corrected chi connectivity index (χ2v) is 6.75.